The zero-order valence-electron chi connectivity index (χ0n) is 21.7. The van der Waals surface area contributed by atoms with Gasteiger partial charge in [0.25, 0.3) is 0 Å². The van der Waals surface area contributed by atoms with Crippen molar-refractivity contribution < 1.29 is 4.79 Å². The van der Waals surface area contributed by atoms with Gasteiger partial charge >= 0.3 is 0 Å². The molecule has 0 spiro atoms. The van der Waals surface area contributed by atoms with Crippen LogP contribution >= 0.6 is 11.6 Å². The minimum atomic E-state index is 0.164. The molecule has 1 aliphatic rings. The van der Waals surface area contributed by atoms with Crippen LogP contribution in [-0.4, -0.2) is 43.1 Å². The third-order valence-corrected chi connectivity index (χ3v) is 7.79. The van der Waals surface area contributed by atoms with Gasteiger partial charge in [-0.15, -0.1) is 0 Å². The van der Waals surface area contributed by atoms with Crippen molar-refractivity contribution in [2.45, 2.75) is 44.7 Å². The summed E-state index contributed by atoms with van der Waals surface area (Å²) in [6, 6.07) is 26.2. The van der Waals surface area contributed by atoms with Crippen molar-refractivity contribution in [3.63, 3.8) is 0 Å². The molecule has 1 fully saturated rings. The quantitative estimate of drug-likeness (QED) is 0.218. The van der Waals surface area contributed by atoms with E-state index in [9.17, 15) is 4.79 Å². The number of benzene rings is 3. The van der Waals surface area contributed by atoms with Crippen LogP contribution in [0.15, 0.2) is 91.3 Å². The second-order valence-corrected chi connectivity index (χ2v) is 10.5. The van der Waals surface area contributed by atoms with Gasteiger partial charge in [-0.25, -0.2) is 9.67 Å². The number of pyridine rings is 1. The van der Waals surface area contributed by atoms with Gasteiger partial charge in [0.05, 0.1) is 13.0 Å². The van der Waals surface area contributed by atoms with Gasteiger partial charge in [-0.05, 0) is 53.4 Å². The molecule has 0 aliphatic heterocycles. The highest BCUT2D eigenvalue weighted by molar-refractivity contribution is 6.30. The Morgan fingerprint density at radius 3 is 2.51 bits per heavy atom. The number of rotatable bonds is 8. The molecule has 0 saturated heterocycles. The first-order chi connectivity index (χ1) is 19.2. The van der Waals surface area contributed by atoms with E-state index in [2.05, 4.69) is 34.1 Å². The number of amides is 1. The molecule has 6 nitrogen and oxygen atoms in total. The van der Waals surface area contributed by atoms with E-state index in [1.54, 1.807) is 12.4 Å². The van der Waals surface area contributed by atoms with E-state index in [1.807, 2.05) is 59.3 Å². The molecule has 0 bridgehead atoms. The zero-order chi connectivity index (χ0) is 26.6. The largest absolute Gasteiger partial charge is 0.338 e. The first-order valence-corrected chi connectivity index (χ1v) is 13.9. The molecule has 2 aromatic heterocycles. The van der Waals surface area contributed by atoms with Gasteiger partial charge in [0.1, 0.15) is 0 Å². The fourth-order valence-electron chi connectivity index (χ4n) is 5.60. The summed E-state index contributed by atoms with van der Waals surface area (Å²) < 4.78 is 1.91. The highest BCUT2D eigenvalue weighted by Crippen LogP contribution is 2.28. The van der Waals surface area contributed by atoms with Gasteiger partial charge in [-0.1, -0.05) is 79.0 Å². The van der Waals surface area contributed by atoms with Crippen LogP contribution in [0.1, 0.15) is 31.2 Å². The summed E-state index contributed by atoms with van der Waals surface area (Å²) in [5.74, 6) is 1.52. The van der Waals surface area contributed by atoms with Crippen molar-refractivity contribution in [3.8, 4) is 22.8 Å². The molecule has 0 atom stereocenters. The molecule has 6 rings (SSSR count). The van der Waals surface area contributed by atoms with Crippen LogP contribution in [0, 0.1) is 0 Å². The van der Waals surface area contributed by atoms with Crippen LogP contribution in [0.3, 0.4) is 0 Å². The third-order valence-electron chi connectivity index (χ3n) is 7.55. The Bertz CT molecular complexity index is 1590. The molecule has 2 heterocycles. The molecule has 7 heteroatoms. The lowest BCUT2D eigenvalue weighted by Crippen LogP contribution is -2.42. The van der Waals surface area contributed by atoms with Gasteiger partial charge < -0.3 is 4.90 Å². The number of carbonyl (C=O) groups excluding carboxylic acids is 1. The summed E-state index contributed by atoms with van der Waals surface area (Å²) in [4.78, 5) is 24.9. The maximum Gasteiger partial charge on any atom is 0.227 e. The van der Waals surface area contributed by atoms with Crippen LogP contribution in [0.2, 0.25) is 5.02 Å². The number of hydrogen-bond donors (Lipinski definition) is 0. The number of halogens is 1. The van der Waals surface area contributed by atoms with Gasteiger partial charge in [0.2, 0.25) is 5.91 Å². The van der Waals surface area contributed by atoms with E-state index in [-0.39, 0.29) is 11.9 Å². The second kappa shape index (κ2) is 11.4. The van der Waals surface area contributed by atoms with E-state index < -0.39 is 0 Å². The predicted molar refractivity (Wildman–Crippen MR) is 155 cm³/mol. The zero-order valence-corrected chi connectivity index (χ0v) is 22.5. The predicted octanol–water partition coefficient (Wildman–Crippen LogP) is 6.83. The van der Waals surface area contributed by atoms with Crippen molar-refractivity contribution in [1.82, 2.24) is 24.6 Å². The van der Waals surface area contributed by atoms with Crippen LogP contribution < -0.4 is 0 Å². The van der Waals surface area contributed by atoms with Gasteiger partial charge in [-0.2, -0.15) is 5.10 Å². The molecular weight excluding hydrogens is 506 g/mol. The summed E-state index contributed by atoms with van der Waals surface area (Å²) in [5.41, 5.74) is 2.86. The normalized spacial score (nSPS) is 13.7. The molecule has 1 amide bonds. The standard InChI is InChI=1S/C32H30ClN5O/c33-27-11-6-10-26(21-27)32-35-31(24-15-17-34-18-16-24)36-38(32)20-19-37(28-12-2-3-13-28)30(39)22-25-9-5-8-23-7-1-4-14-29(23)25/h1,4-11,14-18,21,28H,2-3,12-13,19-20,22H2. The van der Waals surface area contributed by atoms with E-state index >= 15 is 0 Å². The second-order valence-electron chi connectivity index (χ2n) is 10.1. The number of aromatic nitrogens is 4. The molecule has 3 aromatic carbocycles. The highest BCUT2D eigenvalue weighted by atomic mass is 35.5. The fraction of sp³-hybridized carbons (Fsp3) is 0.250. The summed E-state index contributed by atoms with van der Waals surface area (Å²) in [5, 5.41) is 7.81. The SMILES string of the molecule is O=C(Cc1cccc2ccccc12)N(CCn1nc(-c2ccncc2)nc1-c1cccc(Cl)c1)C1CCCC1. The van der Waals surface area contributed by atoms with E-state index in [0.29, 0.717) is 30.4 Å². The van der Waals surface area contributed by atoms with Gasteiger partial charge in [-0.3, -0.25) is 9.78 Å². The topological polar surface area (TPSA) is 63.9 Å². The fourth-order valence-corrected chi connectivity index (χ4v) is 5.79. The lowest BCUT2D eigenvalue weighted by atomic mass is 10.0. The number of nitrogens with zero attached hydrogens (tertiary/aromatic N) is 5. The monoisotopic (exact) mass is 535 g/mol. The van der Waals surface area contributed by atoms with Gasteiger partial charge in [0, 0.05) is 41.1 Å². The maximum absolute atomic E-state index is 13.8. The minimum absolute atomic E-state index is 0.164. The Balaban J connectivity index is 1.29. The average Bonchev–Trinajstić information content (AvgIpc) is 3.65. The molecule has 0 N–H and O–H groups in total. The number of hydrogen-bond acceptors (Lipinski definition) is 4. The molecular formula is C32H30ClN5O. The molecule has 1 aliphatic carbocycles. The van der Waals surface area contributed by atoms with Crippen molar-refractivity contribution >= 4 is 28.3 Å². The Kier molecular flexibility index (Phi) is 7.37. The summed E-state index contributed by atoms with van der Waals surface area (Å²) in [7, 11) is 0. The van der Waals surface area contributed by atoms with E-state index in [1.165, 1.54) is 0 Å². The number of carbonyl (C=O) groups is 1. The molecule has 0 radical (unpaired) electrons. The lowest BCUT2D eigenvalue weighted by Gasteiger charge is -2.29. The maximum atomic E-state index is 13.8. The first-order valence-electron chi connectivity index (χ1n) is 13.5. The molecule has 5 aromatic rings. The molecule has 39 heavy (non-hydrogen) atoms. The van der Waals surface area contributed by atoms with E-state index in [0.717, 1.165) is 59.0 Å². The molecule has 0 unspecified atom stereocenters. The lowest BCUT2D eigenvalue weighted by molar-refractivity contribution is -0.132. The number of fused-ring (bicyclic) bond motifs is 1. The highest BCUT2D eigenvalue weighted by Gasteiger charge is 2.27. The van der Waals surface area contributed by atoms with Crippen molar-refractivity contribution in [3.05, 3.63) is 102 Å². The van der Waals surface area contributed by atoms with Gasteiger partial charge in [0.15, 0.2) is 11.6 Å². The van der Waals surface area contributed by atoms with Crippen molar-refractivity contribution in [1.29, 1.82) is 0 Å². The summed E-state index contributed by atoms with van der Waals surface area (Å²) in [6.45, 7) is 1.11. The minimum Gasteiger partial charge on any atom is -0.338 e. The molecule has 1 saturated carbocycles. The Labute approximate surface area is 233 Å². The summed E-state index contributed by atoms with van der Waals surface area (Å²) >= 11 is 6.33. The first kappa shape index (κ1) is 25.3. The van der Waals surface area contributed by atoms with Crippen LogP contribution in [0.25, 0.3) is 33.5 Å². The Morgan fingerprint density at radius 1 is 0.923 bits per heavy atom. The summed E-state index contributed by atoms with van der Waals surface area (Å²) in [6.07, 6.45) is 8.27. The third kappa shape index (κ3) is 5.57. The van der Waals surface area contributed by atoms with E-state index in [4.69, 9.17) is 21.7 Å². The smallest absolute Gasteiger partial charge is 0.227 e. The average molecular weight is 536 g/mol. The Morgan fingerprint density at radius 2 is 1.69 bits per heavy atom. The van der Waals surface area contributed by atoms with Crippen molar-refractivity contribution in [2.24, 2.45) is 0 Å². The molecule has 196 valence electrons. The Hall–Kier alpha value is -4.03. The van der Waals surface area contributed by atoms with Crippen molar-refractivity contribution in [2.75, 3.05) is 6.54 Å². The van der Waals surface area contributed by atoms with Crippen LogP contribution in [0.4, 0.5) is 0 Å². The van der Waals surface area contributed by atoms with Crippen LogP contribution in [-0.2, 0) is 17.8 Å². The van der Waals surface area contributed by atoms with Crippen LogP contribution in [0.5, 0.6) is 0 Å².